The number of pyridine rings is 1. The second-order valence-corrected chi connectivity index (χ2v) is 6.36. The highest BCUT2D eigenvalue weighted by atomic mass is 35.5. The molecule has 0 amide bonds. The number of nitrogens with one attached hydrogen (secondary N) is 1. The highest BCUT2D eigenvalue weighted by Gasteiger charge is 2.27. The minimum atomic E-state index is -3.65. The molecule has 1 heterocycles. The van der Waals surface area contributed by atoms with Crippen molar-refractivity contribution < 1.29 is 8.42 Å². The van der Waals surface area contributed by atoms with E-state index in [0.29, 0.717) is 13.1 Å². The van der Waals surface area contributed by atoms with Crippen LogP contribution >= 0.6 is 11.6 Å². The summed E-state index contributed by atoms with van der Waals surface area (Å²) in [6, 6.07) is 0. The molecule has 0 aromatic carbocycles. The fourth-order valence-electron chi connectivity index (χ4n) is 1.74. The number of hydrogen-bond acceptors (Lipinski definition) is 5. The van der Waals surface area contributed by atoms with Crippen LogP contribution in [0.5, 0.6) is 0 Å². The smallest absolute Gasteiger partial charge is 0.246 e. The first kappa shape index (κ1) is 16.2. The Morgan fingerprint density at radius 1 is 1.32 bits per heavy atom. The Bertz CT molecular complexity index is 515. The van der Waals surface area contributed by atoms with Crippen LogP contribution < -0.4 is 11.3 Å². The summed E-state index contributed by atoms with van der Waals surface area (Å²) in [7, 11) is -3.65. The Hall–Kier alpha value is -0.890. The van der Waals surface area contributed by atoms with Gasteiger partial charge >= 0.3 is 0 Å². The molecule has 0 saturated carbocycles. The largest absolute Gasteiger partial charge is 0.321 e. The van der Waals surface area contributed by atoms with E-state index in [-0.39, 0.29) is 15.6 Å². The van der Waals surface area contributed by atoms with Gasteiger partial charge in [-0.05, 0) is 12.8 Å². The van der Waals surface area contributed by atoms with Crippen molar-refractivity contribution in [3.63, 3.8) is 0 Å². The van der Waals surface area contributed by atoms with Crippen molar-refractivity contribution in [2.45, 2.75) is 31.6 Å². The van der Waals surface area contributed by atoms with Crippen molar-refractivity contribution in [2.24, 2.45) is 5.84 Å². The SMILES string of the molecule is CCCN(CCC)S(=O)(=O)c1cncc(Cl)c1NN. The first-order chi connectivity index (χ1) is 8.98. The predicted molar refractivity (Wildman–Crippen MR) is 76.4 cm³/mol. The molecule has 0 aliphatic carbocycles. The van der Waals surface area contributed by atoms with Gasteiger partial charge in [0.05, 0.1) is 10.7 Å². The summed E-state index contributed by atoms with van der Waals surface area (Å²) in [5.41, 5.74) is 2.51. The summed E-state index contributed by atoms with van der Waals surface area (Å²) in [6.07, 6.45) is 4.08. The van der Waals surface area contributed by atoms with Crippen molar-refractivity contribution in [3.05, 3.63) is 17.4 Å². The zero-order valence-electron chi connectivity index (χ0n) is 11.1. The number of sulfonamides is 1. The lowest BCUT2D eigenvalue weighted by molar-refractivity contribution is 0.410. The van der Waals surface area contributed by atoms with Gasteiger partial charge in [-0.25, -0.2) is 8.42 Å². The van der Waals surface area contributed by atoms with Crippen LogP contribution in [0.15, 0.2) is 17.3 Å². The summed E-state index contributed by atoms with van der Waals surface area (Å²) in [6.45, 7) is 4.76. The predicted octanol–water partition coefficient (Wildman–Crippen LogP) is 1.83. The maximum absolute atomic E-state index is 12.6. The summed E-state index contributed by atoms with van der Waals surface area (Å²) in [4.78, 5) is 3.83. The molecule has 0 saturated heterocycles. The monoisotopic (exact) mass is 306 g/mol. The van der Waals surface area contributed by atoms with E-state index >= 15 is 0 Å². The van der Waals surface area contributed by atoms with Gasteiger partial charge in [-0.15, -0.1) is 0 Å². The Kier molecular flexibility index (Phi) is 5.99. The van der Waals surface area contributed by atoms with Gasteiger partial charge in [0, 0.05) is 25.5 Å². The minimum Gasteiger partial charge on any atom is -0.321 e. The molecule has 3 N–H and O–H groups in total. The topological polar surface area (TPSA) is 88.3 Å². The number of nitrogen functional groups attached to an aromatic ring is 1. The zero-order chi connectivity index (χ0) is 14.5. The van der Waals surface area contributed by atoms with Crippen molar-refractivity contribution in [1.82, 2.24) is 9.29 Å². The lowest BCUT2D eigenvalue weighted by Crippen LogP contribution is -2.33. The number of anilines is 1. The first-order valence-electron chi connectivity index (χ1n) is 6.09. The normalized spacial score (nSPS) is 11.8. The standard InChI is InChI=1S/C11H19ClN4O2S/c1-3-5-16(6-4-2)19(17,18)10-8-14-7-9(12)11(10)15-13/h7-8H,3-6,13H2,1-2H3,(H,14,15). The third-order valence-corrected chi connectivity index (χ3v) is 4.77. The number of hydrogen-bond donors (Lipinski definition) is 2. The first-order valence-corrected chi connectivity index (χ1v) is 7.91. The molecule has 0 spiro atoms. The molecule has 19 heavy (non-hydrogen) atoms. The molecule has 0 aliphatic rings. The highest BCUT2D eigenvalue weighted by Crippen LogP contribution is 2.29. The molecule has 0 bridgehead atoms. The lowest BCUT2D eigenvalue weighted by atomic mass is 10.4. The summed E-state index contributed by atoms with van der Waals surface area (Å²) in [5, 5.41) is 0.177. The van der Waals surface area contributed by atoms with E-state index < -0.39 is 10.0 Å². The number of nitrogens with two attached hydrogens (primary N) is 1. The molecule has 0 atom stereocenters. The van der Waals surface area contributed by atoms with Gasteiger partial charge in [0.2, 0.25) is 10.0 Å². The second kappa shape index (κ2) is 7.04. The van der Waals surface area contributed by atoms with Crippen molar-refractivity contribution >= 4 is 27.3 Å². The fourth-order valence-corrected chi connectivity index (χ4v) is 3.76. The van der Waals surface area contributed by atoms with Crippen LogP contribution in [0, 0.1) is 0 Å². The van der Waals surface area contributed by atoms with Crippen LogP contribution in [0.2, 0.25) is 5.02 Å². The number of nitrogens with zero attached hydrogens (tertiary/aromatic N) is 2. The Balaban J connectivity index is 3.28. The molecule has 108 valence electrons. The van der Waals surface area contributed by atoms with E-state index in [1.165, 1.54) is 16.7 Å². The van der Waals surface area contributed by atoms with Gasteiger partial charge in [0.25, 0.3) is 0 Å². The molecule has 8 heteroatoms. The quantitative estimate of drug-likeness (QED) is 0.592. The zero-order valence-corrected chi connectivity index (χ0v) is 12.6. The van der Waals surface area contributed by atoms with Crippen LogP contribution in [0.25, 0.3) is 0 Å². The Labute approximate surface area is 119 Å². The van der Waals surface area contributed by atoms with E-state index in [4.69, 9.17) is 17.4 Å². The molecule has 1 rings (SSSR count). The summed E-state index contributed by atoms with van der Waals surface area (Å²) >= 11 is 5.91. The van der Waals surface area contributed by atoms with E-state index in [9.17, 15) is 8.42 Å². The van der Waals surface area contributed by atoms with Gasteiger partial charge in [0.15, 0.2) is 0 Å². The second-order valence-electron chi connectivity index (χ2n) is 4.04. The molecule has 1 aromatic heterocycles. The summed E-state index contributed by atoms with van der Waals surface area (Å²) < 4.78 is 26.6. The van der Waals surface area contributed by atoms with Gasteiger partial charge in [-0.1, -0.05) is 25.4 Å². The van der Waals surface area contributed by atoms with Gasteiger partial charge < -0.3 is 5.43 Å². The number of hydrazine groups is 1. The van der Waals surface area contributed by atoms with Crippen molar-refractivity contribution in [3.8, 4) is 0 Å². The lowest BCUT2D eigenvalue weighted by Gasteiger charge is -2.22. The molecule has 0 unspecified atom stereocenters. The average molecular weight is 307 g/mol. The molecule has 0 fully saturated rings. The van der Waals surface area contributed by atoms with Gasteiger partial charge in [-0.3, -0.25) is 10.8 Å². The number of aromatic nitrogens is 1. The van der Waals surface area contributed by atoms with Gasteiger partial charge in [0.1, 0.15) is 4.90 Å². The third-order valence-electron chi connectivity index (χ3n) is 2.57. The number of halogens is 1. The van der Waals surface area contributed by atoms with Crippen LogP contribution in [0.1, 0.15) is 26.7 Å². The number of rotatable bonds is 7. The van der Waals surface area contributed by atoms with Crippen molar-refractivity contribution in [2.75, 3.05) is 18.5 Å². The minimum absolute atomic E-state index is 0.00407. The van der Waals surface area contributed by atoms with Crippen LogP contribution in [0.3, 0.4) is 0 Å². The van der Waals surface area contributed by atoms with E-state index in [0.717, 1.165) is 12.8 Å². The molecular formula is C11H19ClN4O2S. The van der Waals surface area contributed by atoms with Crippen LogP contribution in [-0.2, 0) is 10.0 Å². The molecule has 6 nitrogen and oxygen atoms in total. The Morgan fingerprint density at radius 2 is 1.89 bits per heavy atom. The van der Waals surface area contributed by atoms with E-state index in [2.05, 4.69) is 10.4 Å². The third kappa shape index (κ3) is 3.56. The van der Waals surface area contributed by atoms with E-state index in [1.807, 2.05) is 13.8 Å². The maximum Gasteiger partial charge on any atom is 0.246 e. The Morgan fingerprint density at radius 3 is 2.37 bits per heavy atom. The fraction of sp³-hybridized carbons (Fsp3) is 0.545. The average Bonchev–Trinajstić information content (AvgIpc) is 2.38. The summed E-state index contributed by atoms with van der Waals surface area (Å²) in [5.74, 6) is 5.35. The van der Waals surface area contributed by atoms with Crippen LogP contribution in [0.4, 0.5) is 5.69 Å². The highest BCUT2D eigenvalue weighted by molar-refractivity contribution is 7.89. The van der Waals surface area contributed by atoms with Crippen molar-refractivity contribution in [1.29, 1.82) is 0 Å². The van der Waals surface area contributed by atoms with Gasteiger partial charge in [-0.2, -0.15) is 4.31 Å². The molecule has 0 radical (unpaired) electrons. The molecular weight excluding hydrogens is 288 g/mol. The molecule has 1 aromatic rings. The van der Waals surface area contributed by atoms with E-state index in [1.54, 1.807) is 0 Å². The maximum atomic E-state index is 12.6. The molecule has 0 aliphatic heterocycles. The van der Waals surface area contributed by atoms with Crippen LogP contribution in [-0.4, -0.2) is 30.8 Å².